The van der Waals surface area contributed by atoms with E-state index in [9.17, 15) is 23.2 Å². The van der Waals surface area contributed by atoms with E-state index in [1.165, 1.54) is 53.2 Å². The molecule has 2 atom stereocenters. The molecular formula is C58H69F2O8S+. The van der Waals surface area contributed by atoms with E-state index in [4.69, 9.17) is 23.7 Å². The molecule has 13 fully saturated rings. The van der Waals surface area contributed by atoms with Crippen LogP contribution >= 0.6 is 0 Å². The van der Waals surface area contributed by atoms with Crippen molar-refractivity contribution < 1.29 is 46.8 Å². The fourth-order valence-corrected chi connectivity index (χ4v) is 19.2. The van der Waals surface area contributed by atoms with Gasteiger partial charge in [-0.15, -0.1) is 0 Å². The van der Waals surface area contributed by atoms with E-state index < -0.39 is 39.5 Å². The second-order valence-electron chi connectivity index (χ2n) is 24.4. The molecule has 12 saturated carbocycles. The third-order valence-electron chi connectivity index (χ3n) is 19.0. The molecule has 11 heteroatoms. The standard InChI is InChI=1S/C40H54F2O8.C18H15S/c1-35(41,42)32(43)50-39-16-29-8-30(17-39)40(31(9-29)18-39)48-21-36(22-49-40,19-46-33(44)37-10-23-2-24(11-37)4-25(3-23)12-37)20-47-34(45)38-13-26-5-27(14-38)7-28(6-26)15-38;1-4-10-16(11-5-1)19(17-12-6-2-7-13-17)18-14-8-3-9-15-18/h23-31H,2-22H2,1H3;1-15H/q;+1. The predicted molar refractivity (Wildman–Crippen MR) is 255 cm³/mol. The summed E-state index contributed by atoms with van der Waals surface area (Å²) in [7, 11) is -0.0146. The molecule has 1 saturated heterocycles. The van der Waals surface area contributed by atoms with Crippen LogP contribution in [0, 0.1) is 69.5 Å². The zero-order valence-electron chi connectivity index (χ0n) is 40.1. The maximum atomic E-state index is 14.0. The van der Waals surface area contributed by atoms with Crippen LogP contribution < -0.4 is 0 Å². The number of rotatable bonds is 11. The van der Waals surface area contributed by atoms with Gasteiger partial charge in [-0.3, -0.25) is 9.59 Å². The Bertz CT molecular complexity index is 2130. The third kappa shape index (κ3) is 8.57. The minimum Gasteiger partial charge on any atom is -0.464 e. The Morgan fingerprint density at radius 3 is 1.23 bits per heavy atom. The number of hydrogen-bond donors (Lipinski definition) is 0. The summed E-state index contributed by atoms with van der Waals surface area (Å²) in [4.78, 5) is 44.5. The Morgan fingerprint density at radius 1 is 0.536 bits per heavy atom. The molecule has 12 bridgehead atoms. The van der Waals surface area contributed by atoms with E-state index in [0.29, 0.717) is 61.7 Å². The number of benzene rings is 3. The molecule has 13 aliphatic rings. The highest BCUT2D eigenvalue weighted by molar-refractivity contribution is 7.97. The topological polar surface area (TPSA) is 97.4 Å². The average molecular weight is 964 g/mol. The van der Waals surface area contributed by atoms with Crippen LogP contribution in [-0.2, 0) is 49.0 Å². The maximum absolute atomic E-state index is 14.0. The fourth-order valence-electron chi connectivity index (χ4n) is 17.1. The Hall–Kier alpha value is -3.80. The molecule has 0 aromatic heterocycles. The molecule has 0 N–H and O–H groups in total. The van der Waals surface area contributed by atoms with Crippen LogP contribution in [0.3, 0.4) is 0 Å². The first-order chi connectivity index (χ1) is 33.2. The van der Waals surface area contributed by atoms with Gasteiger partial charge in [-0.1, -0.05) is 54.6 Å². The second kappa shape index (κ2) is 17.5. The highest BCUT2D eigenvalue weighted by Gasteiger charge is 2.68. The summed E-state index contributed by atoms with van der Waals surface area (Å²) in [6, 6.07) is 32.2. The molecule has 1 heterocycles. The van der Waals surface area contributed by atoms with Gasteiger partial charge in [-0.2, -0.15) is 8.78 Å². The summed E-state index contributed by atoms with van der Waals surface area (Å²) < 4.78 is 59.8. The minimum absolute atomic E-state index is 0.0146. The molecule has 16 rings (SSSR count). The smallest absolute Gasteiger partial charge is 0.377 e. The second-order valence-corrected chi connectivity index (χ2v) is 26.4. The minimum atomic E-state index is -3.54. The largest absolute Gasteiger partial charge is 0.464 e. The van der Waals surface area contributed by atoms with Gasteiger partial charge in [-0.25, -0.2) is 4.79 Å². The van der Waals surface area contributed by atoms with Crippen LogP contribution in [-0.4, -0.2) is 61.6 Å². The van der Waals surface area contributed by atoms with E-state index in [-0.39, 0.29) is 67.0 Å². The Balaban J connectivity index is 0.000000217. The number of carbonyl (C=O) groups is 3. The first-order valence-electron chi connectivity index (χ1n) is 26.3. The molecule has 3 aromatic carbocycles. The Kier molecular flexibility index (Phi) is 11.7. The first kappa shape index (κ1) is 46.3. The van der Waals surface area contributed by atoms with Gasteiger partial charge in [0.25, 0.3) is 0 Å². The monoisotopic (exact) mass is 963 g/mol. The van der Waals surface area contributed by atoms with Crippen molar-refractivity contribution in [1.82, 2.24) is 0 Å². The molecule has 2 unspecified atom stereocenters. The zero-order chi connectivity index (χ0) is 47.2. The lowest BCUT2D eigenvalue weighted by Crippen LogP contribution is -2.69. The van der Waals surface area contributed by atoms with Crippen LogP contribution in [0.2, 0.25) is 0 Å². The van der Waals surface area contributed by atoms with Crippen molar-refractivity contribution in [2.45, 2.75) is 148 Å². The highest BCUT2D eigenvalue weighted by atomic mass is 32.2. The number of carbonyl (C=O) groups excluding carboxylic acids is 3. The van der Waals surface area contributed by atoms with Crippen molar-refractivity contribution in [2.24, 2.45) is 69.5 Å². The third-order valence-corrected chi connectivity index (χ3v) is 21.3. The molecule has 1 aliphatic heterocycles. The molecule has 0 amide bonds. The molecule has 368 valence electrons. The van der Waals surface area contributed by atoms with Crippen molar-refractivity contribution in [3.8, 4) is 0 Å². The average Bonchev–Trinajstić information content (AvgIpc) is 3.32. The first-order valence-corrected chi connectivity index (χ1v) is 27.6. The van der Waals surface area contributed by atoms with Crippen LogP contribution in [0.15, 0.2) is 106 Å². The van der Waals surface area contributed by atoms with Crippen molar-refractivity contribution in [3.05, 3.63) is 91.0 Å². The van der Waals surface area contributed by atoms with Crippen molar-refractivity contribution >= 4 is 28.8 Å². The van der Waals surface area contributed by atoms with Gasteiger partial charge in [0.15, 0.2) is 20.5 Å². The van der Waals surface area contributed by atoms with E-state index in [1.54, 1.807) is 0 Å². The van der Waals surface area contributed by atoms with Gasteiger partial charge in [0.2, 0.25) is 0 Å². The number of halogens is 2. The number of hydrogen-bond acceptors (Lipinski definition) is 8. The van der Waals surface area contributed by atoms with Crippen LogP contribution in [0.1, 0.15) is 116 Å². The lowest BCUT2D eigenvalue weighted by Gasteiger charge is -2.65. The van der Waals surface area contributed by atoms with Crippen molar-refractivity contribution in [3.63, 3.8) is 0 Å². The molecule has 1 spiro atoms. The van der Waals surface area contributed by atoms with Gasteiger partial charge in [0.05, 0.1) is 40.4 Å². The van der Waals surface area contributed by atoms with Gasteiger partial charge in [0, 0.05) is 18.8 Å². The van der Waals surface area contributed by atoms with Crippen LogP contribution in [0.25, 0.3) is 0 Å². The SMILES string of the molecule is CC(F)(F)C(=O)OC12CC3CC(C1)C1(OCC(COC(=O)C45CC6CC(CC(C6)C4)C5)(COC(=O)C45CC6CC(CC(C6)C4)C5)CO1)C(C3)C2.c1ccc([S+](c2ccccc2)c2ccccc2)cc1. The summed E-state index contributed by atoms with van der Waals surface area (Å²) in [6.45, 7) is 1.17. The van der Waals surface area contributed by atoms with Crippen molar-refractivity contribution in [2.75, 3.05) is 26.4 Å². The molecule has 8 nitrogen and oxygen atoms in total. The number of ether oxygens (including phenoxy) is 5. The summed E-state index contributed by atoms with van der Waals surface area (Å²) in [5.41, 5.74) is -2.55. The van der Waals surface area contributed by atoms with E-state index >= 15 is 0 Å². The zero-order valence-corrected chi connectivity index (χ0v) is 41.0. The van der Waals surface area contributed by atoms with Gasteiger partial charge >= 0.3 is 23.8 Å². The molecule has 3 aromatic rings. The fraction of sp³-hybridized carbons (Fsp3) is 0.638. The molecule has 12 aliphatic carbocycles. The number of alkyl halides is 2. The summed E-state index contributed by atoms with van der Waals surface area (Å²) in [5, 5.41) is 0. The van der Waals surface area contributed by atoms with Crippen molar-refractivity contribution in [1.29, 1.82) is 0 Å². The predicted octanol–water partition coefficient (Wildman–Crippen LogP) is 11.8. The normalized spacial score (nSPS) is 40.6. The lowest BCUT2D eigenvalue weighted by molar-refractivity contribution is -0.397. The van der Waals surface area contributed by atoms with Crippen LogP contribution in [0.4, 0.5) is 8.78 Å². The Labute approximate surface area is 409 Å². The summed E-state index contributed by atoms with van der Waals surface area (Å²) >= 11 is 0. The van der Waals surface area contributed by atoms with Gasteiger partial charge < -0.3 is 23.7 Å². The van der Waals surface area contributed by atoms with E-state index in [0.717, 1.165) is 51.4 Å². The highest BCUT2D eigenvalue weighted by Crippen LogP contribution is 2.65. The molecule has 69 heavy (non-hydrogen) atoms. The molecule has 0 radical (unpaired) electrons. The quantitative estimate of drug-likeness (QED) is 0.106. The van der Waals surface area contributed by atoms with Gasteiger partial charge in [-0.05, 0) is 187 Å². The maximum Gasteiger partial charge on any atom is 0.377 e. The van der Waals surface area contributed by atoms with Gasteiger partial charge in [0.1, 0.15) is 18.8 Å². The summed E-state index contributed by atoms with van der Waals surface area (Å²) in [5.74, 6) is -2.35. The molecular weight excluding hydrogens is 895 g/mol. The van der Waals surface area contributed by atoms with E-state index in [2.05, 4.69) is 91.0 Å². The summed E-state index contributed by atoms with van der Waals surface area (Å²) in [6.07, 6.45) is 16.1. The lowest BCUT2D eigenvalue weighted by atomic mass is 9.49. The van der Waals surface area contributed by atoms with Crippen LogP contribution in [0.5, 0.6) is 0 Å². The van der Waals surface area contributed by atoms with E-state index in [1.807, 2.05) is 0 Å². The number of esters is 3. The Morgan fingerprint density at radius 2 is 0.884 bits per heavy atom.